The summed E-state index contributed by atoms with van der Waals surface area (Å²) >= 11 is 1.20. The molecule has 0 aliphatic heterocycles. The highest BCUT2D eigenvalue weighted by molar-refractivity contribution is 8.00. The van der Waals surface area contributed by atoms with Gasteiger partial charge in [0.05, 0.1) is 16.5 Å². The van der Waals surface area contributed by atoms with Gasteiger partial charge in [-0.25, -0.2) is 0 Å². The second kappa shape index (κ2) is 8.26. The van der Waals surface area contributed by atoms with E-state index in [1.165, 1.54) is 30.0 Å². The van der Waals surface area contributed by atoms with E-state index in [1.54, 1.807) is 31.2 Å². The average molecular weight is 408 g/mol. The Balaban J connectivity index is 1.64. The Morgan fingerprint density at radius 2 is 1.79 bits per heavy atom. The second-order valence-corrected chi connectivity index (χ2v) is 8.00. The number of alkyl halides is 3. The van der Waals surface area contributed by atoms with Crippen LogP contribution < -0.4 is 10.6 Å². The molecule has 4 nitrogen and oxygen atoms in total. The zero-order valence-corrected chi connectivity index (χ0v) is 15.9. The smallest absolute Gasteiger partial charge is 0.326 e. The standard InChI is InChI=1S/C20H19F3N2O2S/c1-12(18(26)25-17-8-3-2-7-16(17)20(21,22)23)28-15-6-4-5-14(11-15)24-19(27)13-9-10-13/h2-8,11-13H,9-10H2,1H3,(H,24,27)(H,25,26). The Kier molecular flexibility index (Phi) is 5.98. The second-order valence-electron chi connectivity index (χ2n) is 6.58. The molecule has 1 fully saturated rings. The van der Waals surface area contributed by atoms with Gasteiger partial charge in [0.15, 0.2) is 0 Å². The van der Waals surface area contributed by atoms with Gasteiger partial charge >= 0.3 is 6.18 Å². The molecule has 2 aromatic carbocycles. The summed E-state index contributed by atoms with van der Waals surface area (Å²) in [6.45, 7) is 1.62. The van der Waals surface area contributed by atoms with E-state index in [0.29, 0.717) is 5.69 Å². The first-order chi connectivity index (χ1) is 13.2. The Morgan fingerprint density at radius 1 is 1.07 bits per heavy atom. The first-order valence-electron chi connectivity index (χ1n) is 8.78. The van der Waals surface area contributed by atoms with Gasteiger partial charge < -0.3 is 10.6 Å². The predicted octanol–water partition coefficient (Wildman–Crippen LogP) is 5.17. The average Bonchev–Trinajstić information content (AvgIpc) is 3.46. The molecule has 3 rings (SSSR count). The summed E-state index contributed by atoms with van der Waals surface area (Å²) in [6.07, 6.45) is -2.75. The third kappa shape index (κ3) is 5.28. The molecule has 8 heteroatoms. The van der Waals surface area contributed by atoms with Gasteiger partial charge in [0.25, 0.3) is 0 Å². The molecule has 1 unspecified atom stereocenters. The summed E-state index contributed by atoms with van der Waals surface area (Å²) in [5, 5.41) is 4.56. The third-order valence-corrected chi connectivity index (χ3v) is 5.32. The van der Waals surface area contributed by atoms with Crippen LogP contribution in [-0.4, -0.2) is 17.1 Å². The molecule has 2 N–H and O–H groups in total. The number of anilines is 2. The monoisotopic (exact) mass is 408 g/mol. The summed E-state index contributed by atoms with van der Waals surface area (Å²) in [5.74, 6) is -0.472. The first kappa shape index (κ1) is 20.3. The molecule has 0 aromatic heterocycles. The largest absolute Gasteiger partial charge is 0.418 e. The number of thioether (sulfide) groups is 1. The molecule has 0 bridgehead atoms. The molecule has 0 radical (unpaired) electrons. The molecule has 1 aliphatic carbocycles. The van der Waals surface area contributed by atoms with Crippen molar-refractivity contribution in [1.82, 2.24) is 0 Å². The van der Waals surface area contributed by atoms with Gasteiger partial charge in [-0.3, -0.25) is 9.59 Å². The Bertz CT molecular complexity index is 882. The number of halogens is 3. The lowest BCUT2D eigenvalue weighted by Crippen LogP contribution is -2.24. The van der Waals surface area contributed by atoms with Crippen LogP contribution in [0, 0.1) is 5.92 Å². The summed E-state index contributed by atoms with van der Waals surface area (Å²) < 4.78 is 39.2. The Morgan fingerprint density at radius 3 is 2.46 bits per heavy atom. The minimum Gasteiger partial charge on any atom is -0.326 e. The fourth-order valence-corrected chi connectivity index (χ4v) is 3.49. The lowest BCUT2D eigenvalue weighted by molar-refractivity contribution is -0.137. The van der Waals surface area contributed by atoms with Crippen LogP contribution >= 0.6 is 11.8 Å². The lowest BCUT2D eigenvalue weighted by Gasteiger charge is -2.16. The molecule has 0 saturated heterocycles. The summed E-state index contributed by atoms with van der Waals surface area (Å²) in [6, 6.07) is 11.9. The van der Waals surface area contributed by atoms with Gasteiger partial charge in [-0.05, 0) is 50.1 Å². The molecule has 0 spiro atoms. The maximum atomic E-state index is 13.1. The molecule has 1 atom stereocenters. The minimum atomic E-state index is -4.55. The van der Waals surface area contributed by atoms with E-state index in [4.69, 9.17) is 0 Å². The van der Waals surface area contributed by atoms with Crippen molar-refractivity contribution < 1.29 is 22.8 Å². The molecule has 1 saturated carbocycles. The fourth-order valence-electron chi connectivity index (χ4n) is 2.57. The molecule has 2 aromatic rings. The van der Waals surface area contributed by atoms with Gasteiger partial charge in [0.1, 0.15) is 0 Å². The number of nitrogens with one attached hydrogen (secondary N) is 2. The Labute approximate surface area is 164 Å². The van der Waals surface area contributed by atoms with Crippen LogP contribution in [-0.2, 0) is 15.8 Å². The summed E-state index contributed by atoms with van der Waals surface area (Å²) in [7, 11) is 0. The number of carbonyl (C=O) groups is 2. The molecule has 28 heavy (non-hydrogen) atoms. The highest BCUT2D eigenvalue weighted by Crippen LogP contribution is 2.35. The fraction of sp³-hybridized carbons (Fsp3) is 0.300. The van der Waals surface area contributed by atoms with E-state index >= 15 is 0 Å². The van der Waals surface area contributed by atoms with Crippen LogP contribution in [0.2, 0.25) is 0 Å². The number of para-hydroxylation sites is 1. The summed E-state index contributed by atoms with van der Waals surface area (Å²) in [4.78, 5) is 25.0. The first-order valence-corrected chi connectivity index (χ1v) is 9.66. The maximum Gasteiger partial charge on any atom is 0.418 e. The third-order valence-electron chi connectivity index (χ3n) is 4.22. The van der Waals surface area contributed by atoms with E-state index in [1.807, 2.05) is 0 Å². The van der Waals surface area contributed by atoms with Crippen molar-refractivity contribution in [3.63, 3.8) is 0 Å². The number of benzene rings is 2. The lowest BCUT2D eigenvalue weighted by atomic mass is 10.1. The van der Waals surface area contributed by atoms with Gasteiger partial charge in [0.2, 0.25) is 11.8 Å². The number of carbonyl (C=O) groups excluding carboxylic acids is 2. The van der Waals surface area contributed by atoms with Gasteiger partial charge in [-0.1, -0.05) is 18.2 Å². The van der Waals surface area contributed by atoms with Crippen LogP contribution in [0.15, 0.2) is 53.4 Å². The summed E-state index contributed by atoms with van der Waals surface area (Å²) in [5.41, 5.74) is -0.514. The quantitative estimate of drug-likeness (QED) is 0.648. The van der Waals surface area contributed by atoms with Crippen LogP contribution in [0.1, 0.15) is 25.3 Å². The van der Waals surface area contributed by atoms with Crippen molar-refractivity contribution in [3.05, 3.63) is 54.1 Å². The van der Waals surface area contributed by atoms with Crippen LogP contribution in [0.3, 0.4) is 0 Å². The van der Waals surface area contributed by atoms with E-state index < -0.39 is 22.9 Å². The van der Waals surface area contributed by atoms with E-state index in [9.17, 15) is 22.8 Å². The molecule has 148 valence electrons. The zero-order chi connectivity index (χ0) is 20.3. The van der Waals surface area contributed by atoms with Gasteiger partial charge in [0, 0.05) is 16.5 Å². The minimum absolute atomic E-state index is 0.0169. The topological polar surface area (TPSA) is 58.2 Å². The number of hydrogen-bond acceptors (Lipinski definition) is 3. The van der Waals surface area contributed by atoms with Crippen LogP contribution in [0.5, 0.6) is 0 Å². The SMILES string of the molecule is CC(Sc1cccc(NC(=O)C2CC2)c1)C(=O)Nc1ccccc1C(F)(F)F. The van der Waals surface area contributed by atoms with Crippen LogP contribution in [0.25, 0.3) is 0 Å². The number of amides is 2. The highest BCUT2D eigenvalue weighted by atomic mass is 32.2. The molecule has 2 amide bonds. The molecule has 1 aliphatic rings. The van der Waals surface area contributed by atoms with Gasteiger partial charge in [-0.2, -0.15) is 13.2 Å². The van der Waals surface area contributed by atoms with Crippen LogP contribution in [0.4, 0.5) is 24.5 Å². The number of rotatable bonds is 6. The molecular weight excluding hydrogens is 389 g/mol. The predicted molar refractivity (Wildman–Crippen MR) is 103 cm³/mol. The van der Waals surface area contributed by atoms with Crippen molar-refractivity contribution in [2.75, 3.05) is 10.6 Å². The van der Waals surface area contributed by atoms with E-state index in [-0.39, 0.29) is 17.5 Å². The maximum absolute atomic E-state index is 13.1. The van der Waals surface area contributed by atoms with Crippen molar-refractivity contribution in [2.45, 2.75) is 36.1 Å². The molecular formula is C20H19F3N2O2S. The van der Waals surface area contributed by atoms with Crippen molar-refractivity contribution in [1.29, 1.82) is 0 Å². The van der Waals surface area contributed by atoms with Gasteiger partial charge in [-0.15, -0.1) is 11.8 Å². The van der Waals surface area contributed by atoms with Crippen molar-refractivity contribution in [3.8, 4) is 0 Å². The number of hydrogen-bond donors (Lipinski definition) is 2. The zero-order valence-electron chi connectivity index (χ0n) is 15.0. The van der Waals surface area contributed by atoms with Crippen molar-refractivity contribution >= 4 is 35.0 Å². The van der Waals surface area contributed by atoms with E-state index in [0.717, 1.165) is 23.8 Å². The normalized spacial score (nSPS) is 15.0. The van der Waals surface area contributed by atoms with E-state index in [2.05, 4.69) is 10.6 Å². The molecule has 0 heterocycles. The highest BCUT2D eigenvalue weighted by Gasteiger charge is 2.34. The van der Waals surface area contributed by atoms with Crippen molar-refractivity contribution in [2.24, 2.45) is 5.92 Å². The Hall–Kier alpha value is -2.48.